The maximum Gasteiger partial charge on any atom is 0.0676 e. The van der Waals surface area contributed by atoms with E-state index in [1.165, 1.54) is 31.4 Å². The summed E-state index contributed by atoms with van der Waals surface area (Å²) < 4.78 is 7.57. The third-order valence-corrected chi connectivity index (χ3v) is 5.09. The molecule has 2 heterocycles. The van der Waals surface area contributed by atoms with Crippen molar-refractivity contribution in [2.45, 2.75) is 37.3 Å². The van der Waals surface area contributed by atoms with Gasteiger partial charge in [-0.2, -0.15) is 5.10 Å². The van der Waals surface area contributed by atoms with Crippen molar-refractivity contribution in [2.24, 2.45) is 7.05 Å². The summed E-state index contributed by atoms with van der Waals surface area (Å²) in [6.07, 6.45) is 7.09. The van der Waals surface area contributed by atoms with Crippen molar-refractivity contribution in [3.8, 4) is 0 Å². The van der Waals surface area contributed by atoms with Crippen LogP contribution in [-0.2, 0) is 11.8 Å². The minimum absolute atomic E-state index is 0.228. The highest BCUT2D eigenvalue weighted by atomic mass is 16.5. The number of nitrogens with zero attached hydrogens (tertiary/aromatic N) is 3. The van der Waals surface area contributed by atoms with E-state index in [1.54, 1.807) is 0 Å². The fourth-order valence-corrected chi connectivity index (χ4v) is 4.14. The molecule has 5 heteroatoms. The minimum Gasteiger partial charge on any atom is -0.379 e. The molecule has 0 aromatic carbocycles. The molecule has 0 radical (unpaired) electrons. The highest BCUT2D eigenvalue weighted by molar-refractivity contribution is 5.17. The lowest BCUT2D eigenvalue weighted by atomic mass is 9.83. The van der Waals surface area contributed by atoms with Gasteiger partial charge in [-0.05, 0) is 26.0 Å². The van der Waals surface area contributed by atoms with E-state index < -0.39 is 0 Å². The molecule has 1 saturated carbocycles. The summed E-state index contributed by atoms with van der Waals surface area (Å²) in [7, 11) is 4.12. The number of hydrogen-bond donors (Lipinski definition) is 1. The van der Waals surface area contributed by atoms with Crippen molar-refractivity contribution in [1.29, 1.82) is 0 Å². The van der Waals surface area contributed by atoms with E-state index in [2.05, 4.69) is 28.4 Å². The zero-order chi connectivity index (χ0) is 14.0. The molecule has 0 amide bonds. The summed E-state index contributed by atoms with van der Waals surface area (Å²) in [5.41, 5.74) is 1.52. The smallest absolute Gasteiger partial charge is 0.0676 e. The predicted molar refractivity (Wildman–Crippen MR) is 78.6 cm³/mol. The first-order valence-corrected chi connectivity index (χ1v) is 7.76. The van der Waals surface area contributed by atoms with Crippen molar-refractivity contribution in [1.82, 2.24) is 20.0 Å². The molecule has 1 aliphatic carbocycles. The number of aryl methyl sites for hydroxylation is 1. The summed E-state index contributed by atoms with van der Waals surface area (Å²) >= 11 is 0. The van der Waals surface area contributed by atoms with Crippen LogP contribution in [0.15, 0.2) is 12.3 Å². The summed E-state index contributed by atoms with van der Waals surface area (Å²) in [6, 6.07) is 2.50. The lowest BCUT2D eigenvalue weighted by molar-refractivity contribution is -0.0364. The van der Waals surface area contributed by atoms with Gasteiger partial charge in [0.05, 0.1) is 24.9 Å². The molecule has 1 aliphatic heterocycles. The highest BCUT2D eigenvalue weighted by Crippen LogP contribution is 2.44. The molecule has 1 unspecified atom stereocenters. The molecule has 1 aromatic rings. The second-order valence-corrected chi connectivity index (χ2v) is 6.01. The standard InChI is InChI=1S/C15H26N4O/c1-16-14(13-5-8-17-18(13)2)15(6-3-4-7-15)19-9-11-20-12-10-19/h5,8,14,16H,3-4,6-7,9-12H2,1-2H3. The van der Waals surface area contributed by atoms with Crippen LogP contribution in [0.4, 0.5) is 0 Å². The topological polar surface area (TPSA) is 42.3 Å². The van der Waals surface area contributed by atoms with Crippen LogP contribution in [0.2, 0.25) is 0 Å². The normalized spacial score (nSPS) is 24.9. The van der Waals surface area contributed by atoms with E-state index >= 15 is 0 Å². The Bertz CT molecular complexity index is 433. The van der Waals surface area contributed by atoms with Crippen LogP contribution in [-0.4, -0.2) is 53.6 Å². The Morgan fingerprint density at radius 1 is 1.30 bits per heavy atom. The number of morpholine rings is 1. The van der Waals surface area contributed by atoms with Crippen molar-refractivity contribution in [2.75, 3.05) is 33.4 Å². The van der Waals surface area contributed by atoms with Crippen LogP contribution in [0.25, 0.3) is 0 Å². The number of hydrogen-bond acceptors (Lipinski definition) is 4. The Balaban J connectivity index is 1.93. The number of ether oxygens (including phenoxy) is 1. The van der Waals surface area contributed by atoms with Gasteiger partial charge < -0.3 is 10.1 Å². The number of aromatic nitrogens is 2. The van der Waals surface area contributed by atoms with Crippen molar-refractivity contribution >= 4 is 0 Å². The summed E-state index contributed by atoms with van der Waals surface area (Å²) in [6.45, 7) is 3.83. The molecule has 1 aromatic heterocycles. The van der Waals surface area contributed by atoms with Gasteiger partial charge in [-0.25, -0.2) is 0 Å². The van der Waals surface area contributed by atoms with Crippen LogP contribution >= 0.6 is 0 Å². The zero-order valence-corrected chi connectivity index (χ0v) is 12.6. The molecule has 112 valence electrons. The first-order valence-electron chi connectivity index (χ1n) is 7.76. The van der Waals surface area contributed by atoms with Gasteiger partial charge in [0, 0.05) is 31.9 Å². The van der Waals surface area contributed by atoms with Crippen LogP contribution in [0.1, 0.15) is 37.4 Å². The van der Waals surface area contributed by atoms with Gasteiger partial charge in [0.25, 0.3) is 0 Å². The Morgan fingerprint density at radius 3 is 2.55 bits per heavy atom. The number of nitrogens with one attached hydrogen (secondary N) is 1. The van der Waals surface area contributed by atoms with Gasteiger partial charge in [-0.1, -0.05) is 12.8 Å². The Kier molecular flexibility index (Phi) is 4.10. The fraction of sp³-hybridized carbons (Fsp3) is 0.800. The summed E-state index contributed by atoms with van der Waals surface area (Å²) in [5.74, 6) is 0. The van der Waals surface area contributed by atoms with E-state index in [1.807, 2.05) is 17.9 Å². The molecule has 5 nitrogen and oxygen atoms in total. The largest absolute Gasteiger partial charge is 0.379 e. The molecule has 1 atom stereocenters. The molecule has 1 saturated heterocycles. The second kappa shape index (κ2) is 5.84. The molecule has 0 bridgehead atoms. The van der Waals surface area contributed by atoms with E-state index in [0.717, 1.165) is 26.3 Å². The van der Waals surface area contributed by atoms with Gasteiger partial charge in [0.15, 0.2) is 0 Å². The van der Waals surface area contributed by atoms with E-state index in [-0.39, 0.29) is 5.54 Å². The molecule has 2 fully saturated rings. The third-order valence-electron chi connectivity index (χ3n) is 5.09. The summed E-state index contributed by atoms with van der Waals surface area (Å²) in [4.78, 5) is 2.66. The highest BCUT2D eigenvalue weighted by Gasteiger charge is 2.47. The van der Waals surface area contributed by atoms with Crippen LogP contribution in [0.3, 0.4) is 0 Å². The van der Waals surface area contributed by atoms with Gasteiger partial charge in [-0.3, -0.25) is 9.58 Å². The van der Waals surface area contributed by atoms with E-state index in [4.69, 9.17) is 4.74 Å². The predicted octanol–water partition coefficient (Wildman–Crippen LogP) is 1.33. The molecule has 3 rings (SSSR count). The molecule has 0 spiro atoms. The third kappa shape index (κ3) is 2.28. The van der Waals surface area contributed by atoms with Crippen molar-refractivity contribution in [3.63, 3.8) is 0 Å². The SMILES string of the molecule is CNC(c1ccnn1C)C1(N2CCOCC2)CCCC1. The lowest BCUT2D eigenvalue weighted by Crippen LogP contribution is -2.58. The first-order chi connectivity index (χ1) is 9.78. The maximum absolute atomic E-state index is 5.55. The Labute approximate surface area is 121 Å². The Morgan fingerprint density at radius 2 is 2.00 bits per heavy atom. The molecule has 20 heavy (non-hydrogen) atoms. The van der Waals surface area contributed by atoms with Gasteiger partial charge in [0.1, 0.15) is 0 Å². The maximum atomic E-state index is 5.55. The van der Waals surface area contributed by atoms with Gasteiger partial charge >= 0.3 is 0 Å². The van der Waals surface area contributed by atoms with Crippen molar-refractivity contribution in [3.05, 3.63) is 18.0 Å². The van der Waals surface area contributed by atoms with E-state index in [0.29, 0.717) is 6.04 Å². The lowest BCUT2D eigenvalue weighted by Gasteiger charge is -2.48. The minimum atomic E-state index is 0.228. The summed E-state index contributed by atoms with van der Waals surface area (Å²) in [5, 5.41) is 7.95. The quantitative estimate of drug-likeness (QED) is 0.902. The van der Waals surface area contributed by atoms with Crippen LogP contribution < -0.4 is 5.32 Å². The number of rotatable bonds is 4. The fourth-order valence-electron chi connectivity index (χ4n) is 4.14. The van der Waals surface area contributed by atoms with E-state index in [9.17, 15) is 0 Å². The average Bonchev–Trinajstić information content (AvgIpc) is 3.12. The average molecular weight is 278 g/mol. The van der Waals surface area contributed by atoms with Crippen molar-refractivity contribution < 1.29 is 4.74 Å². The van der Waals surface area contributed by atoms with Crippen LogP contribution in [0.5, 0.6) is 0 Å². The molecular weight excluding hydrogens is 252 g/mol. The molecule has 2 aliphatic rings. The van der Waals surface area contributed by atoms with Gasteiger partial charge in [-0.15, -0.1) is 0 Å². The molecular formula is C15H26N4O. The van der Waals surface area contributed by atoms with Crippen LogP contribution in [0, 0.1) is 0 Å². The monoisotopic (exact) mass is 278 g/mol. The molecule has 1 N–H and O–H groups in total. The number of likely N-dealkylation sites (N-methyl/N-ethyl adjacent to an activating group) is 1. The zero-order valence-electron chi connectivity index (χ0n) is 12.6. The second-order valence-electron chi connectivity index (χ2n) is 6.01. The van der Waals surface area contributed by atoms with Gasteiger partial charge in [0.2, 0.25) is 0 Å². The first kappa shape index (κ1) is 14.0. The Hall–Kier alpha value is -0.910.